The van der Waals surface area contributed by atoms with E-state index in [0.29, 0.717) is 24.9 Å². The number of anilines is 1. The highest BCUT2D eigenvalue weighted by Gasteiger charge is 2.42. The maximum atomic E-state index is 13.2. The fourth-order valence-electron chi connectivity index (χ4n) is 3.96. The number of carbonyl (C=O) groups excluding carboxylic acids is 2. The van der Waals surface area contributed by atoms with Crippen LogP contribution in [-0.4, -0.2) is 49.1 Å². The van der Waals surface area contributed by atoms with Gasteiger partial charge in [0, 0.05) is 48.2 Å². The van der Waals surface area contributed by atoms with Gasteiger partial charge in [-0.25, -0.2) is 0 Å². The highest BCUT2D eigenvalue weighted by molar-refractivity contribution is 9.10. The van der Waals surface area contributed by atoms with E-state index in [1.807, 2.05) is 30.0 Å². The van der Waals surface area contributed by atoms with Crippen LogP contribution < -0.4 is 4.90 Å². The minimum absolute atomic E-state index is 0.0463. The molecule has 3 aliphatic rings. The molecule has 2 heterocycles. The molecule has 2 saturated heterocycles. The van der Waals surface area contributed by atoms with Crippen LogP contribution in [0.3, 0.4) is 0 Å². The van der Waals surface area contributed by atoms with Gasteiger partial charge in [0.25, 0.3) is 0 Å². The van der Waals surface area contributed by atoms with Crippen LogP contribution >= 0.6 is 15.9 Å². The third-order valence-electron chi connectivity index (χ3n) is 5.68. The number of ether oxygens (including phenoxy) is 1. The standard InChI is InChI=1S/C20H25BrN2O3/c1-13-8-17(4-5-18(13)21)22-11-15(9-19(22)24)20(25)23(16-2-3-16)10-14-6-7-26-12-14/h4-5,8,14-16H,2-3,6-7,9-12H2,1H3/t14-,15-/m0/s1. The normalized spacial score (nSPS) is 25.8. The Balaban J connectivity index is 1.46. The second-order valence-corrected chi connectivity index (χ2v) is 8.64. The first-order chi connectivity index (χ1) is 12.5. The van der Waals surface area contributed by atoms with Gasteiger partial charge >= 0.3 is 0 Å². The van der Waals surface area contributed by atoms with E-state index in [0.717, 1.165) is 54.7 Å². The number of halogens is 1. The topological polar surface area (TPSA) is 49.9 Å². The van der Waals surface area contributed by atoms with E-state index in [2.05, 4.69) is 15.9 Å². The second kappa shape index (κ2) is 7.31. The number of carbonyl (C=O) groups is 2. The predicted octanol–water partition coefficient (Wildman–Crippen LogP) is 3.14. The highest BCUT2D eigenvalue weighted by Crippen LogP contribution is 2.34. The van der Waals surface area contributed by atoms with Crippen LogP contribution in [-0.2, 0) is 14.3 Å². The van der Waals surface area contributed by atoms with E-state index in [1.54, 1.807) is 4.90 Å². The molecule has 3 fully saturated rings. The van der Waals surface area contributed by atoms with Crippen molar-refractivity contribution in [2.24, 2.45) is 11.8 Å². The molecule has 5 nitrogen and oxygen atoms in total. The smallest absolute Gasteiger partial charge is 0.228 e. The molecule has 1 aromatic carbocycles. The quantitative estimate of drug-likeness (QED) is 0.734. The lowest BCUT2D eigenvalue weighted by molar-refractivity contribution is -0.137. The summed E-state index contributed by atoms with van der Waals surface area (Å²) in [4.78, 5) is 29.5. The summed E-state index contributed by atoms with van der Waals surface area (Å²) < 4.78 is 6.50. The summed E-state index contributed by atoms with van der Waals surface area (Å²) in [5.74, 6) is 0.422. The van der Waals surface area contributed by atoms with Gasteiger partial charge in [0.15, 0.2) is 0 Å². The molecule has 140 valence electrons. The molecule has 1 aromatic rings. The molecule has 1 aliphatic carbocycles. The third kappa shape index (κ3) is 3.67. The molecular formula is C20H25BrN2O3. The van der Waals surface area contributed by atoms with Gasteiger partial charge in [0.1, 0.15) is 0 Å². The molecule has 1 saturated carbocycles. The number of benzene rings is 1. The Bertz CT molecular complexity index is 713. The Morgan fingerprint density at radius 1 is 1.35 bits per heavy atom. The van der Waals surface area contributed by atoms with Gasteiger partial charge in [-0.3, -0.25) is 9.59 Å². The minimum Gasteiger partial charge on any atom is -0.381 e. The van der Waals surface area contributed by atoms with Gasteiger partial charge in [-0.1, -0.05) is 15.9 Å². The minimum atomic E-state index is -0.227. The Morgan fingerprint density at radius 3 is 2.81 bits per heavy atom. The van der Waals surface area contributed by atoms with Crippen LogP contribution in [0.5, 0.6) is 0 Å². The molecule has 0 spiro atoms. The van der Waals surface area contributed by atoms with Gasteiger partial charge in [-0.2, -0.15) is 0 Å². The van der Waals surface area contributed by atoms with E-state index in [1.165, 1.54) is 0 Å². The monoisotopic (exact) mass is 420 g/mol. The molecule has 0 radical (unpaired) electrons. The molecule has 0 unspecified atom stereocenters. The Morgan fingerprint density at radius 2 is 2.15 bits per heavy atom. The molecular weight excluding hydrogens is 396 g/mol. The lowest BCUT2D eigenvalue weighted by atomic mass is 10.0. The Kier molecular flexibility index (Phi) is 5.06. The van der Waals surface area contributed by atoms with Crippen molar-refractivity contribution in [2.75, 3.05) is 31.2 Å². The first kappa shape index (κ1) is 18.0. The van der Waals surface area contributed by atoms with Gasteiger partial charge in [-0.05, 0) is 49.9 Å². The molecule has 4 rings (SSSR count). The molecule has 2 amide bonds. The van der Waals surface area contributed by atoms with Crippen molar-refractivity contribution in [3.05, 3.63) is 28.2 Å². The van der Waals surface area contributed by atoms with Gasteiger partial charge in [-0.15, -0.1) is 0 Å². The van der Waals surface area contributed by atoms with Gasteiger partial charge in [0.05, 0.1) is 12.5 Å². The van der Waals surface area contributed by atoms with Gasteiger partial charge in [0.2, 0.25) is 11.8 Å². The molecule has 6 heteroatoms. The summed E-state index contributed by atoms with van der Waals surface area (Å²) in [5, 5.41) is 0. The second-order valence-electron chi connectivity index (χ2n) is 7.79. The zero-order chi connectivity index (χ0) is 18.3. The van der Waals surface area contributed by atoms with Crippen molar-refractivity contribution in [3.8, 4) is 0 Å². The highest BCUT2D eigenvalue weighted by atomic mass is 79.9. The van der Waals surface area contributed by atoms with Crippen LogP contribution in [0.2, 0.25) is 0 Å². The molecule has 0 bridgehead atoms. The van der Waals surface area contributed by atoms with Crippen LogP contribution in [0.25, 0.3) is 0 Å². The third-order valence-corrected chi connectivity index (χ3v) is 6.57. The zero-order valence-electron chi connectivity index (χ0n) is 15.1. The maximum Gasteiger partial charge on any atom is 0.228 e. The van der Waals surface area contributed by atoms with Crippen molar-refractivity contribution in [3.63, 3.8) is 0 Å². The average molecular weight is 421 g/mol. The van der Waals surface area contributed by atoms with Crippen LogP contribution in [0.1, 0.15) is 31.2 Å². The van der Waals surface area contributed by atoms with Crippen molar-refractivity contribution in [1.82, 2.24) is 4.90 Å². The maximum absolute atomic E-state index is 13.2. The SMILES string of the molecule is Cc1cc(N2C[C@@H](C(=O)N(C[C@@H]3CCOC3)C3CC3)CC2=O)ccc1Br. The van der Waals surface area contributed by atoms with Gasteiger partial charge < -0.3 is 14.5 Å². The Hall–Kier alpha value is -1.40. The summed E-state index contributed by atoms with van der Waals surface area (Å²) in [6.07, 6.45) is 3.54. The summed E-state index contributed by atoms with van der Waals surface area (Å²) in [5.41, 5.74) is 1.97. The first-order valence-corrected chi connectivity index (χ1v) is 10.3. The molecule has 2 atom stereocenters. The van der Waals surface area contributed by atoms with E-state index in [4.69, 9.17) is 4.74 Å². The summed E-state index contributed by atoms with van der Waals surface area (Å²) >= 11 is 3.50. The van der Waals surface area contributed by atoms with Crippen molar-refractivity contribution >= 4 is 33.4 Å². The van der Waals surface area contributed by atoms with Crippen LogP contribution in [0, 0.1) is 18.8 Å². The summed E-state index contributed by atoms with van der Waals surface area (Å²) in [6.45, 7) is 4.84. The summed E-state index contributed by atoms with van der Waals surface area (Å²) in [6, 6.07) is 6.28. The van der Waals surface area contributed by atoms with E-state index < -0.39 is 0 Å². The first-order valence-electron chi connectivity index (χ1n) is 9.47. The van der Waals surface area contributed by atoms with Crippen molar-refractivity contribution < 1.29 is 14.3 Å². The fraction of sp³-hybridized carbons (Fsp3) is 0.600. The summed E-state index contributed by atoms with van der Waals surface area (Å²) in [7, 11) is 0. The largest absolute Gasteiger partial charge is 0.381 e. The van der Waals surface area contributed by atoms with E-state index in [9.17, 15) is 9.59 Å². The number of aryl methyl sites for hydroxylation is 1. The average Bonchev–Trinajstić information content (AvgIpc) is 3.19. The van der Waals surface area contributed by atoms with Crippen molar-refractivity contribution in [1.29, 1.82) is 0 Å². The fourth-order valence-corrected chi connectivity index (χ4v) is 4.21. The van der Waals surface area contributed by atoms with Crippen LogP contribution in [0.15, 0.2) is 22.7 Å². The zero-order valence-corrected chi connectivity index (χ0v) is 16.7. The number of amides is 2. The molecule has 0 aromatic heterocycles. The molecule has 2 aliphatic heterocycles. The Labute approximate surface area is 162 Å². The predicted molar refractivity (Wildman–Crippen MR) is 103 cm³/mol. The van der Waals surface area contributed by atoms with E-state index in [-0.39, 0.29) is 17.7 Å². The van der Waals surface area contributed by atoms with Crippen molar-refractivity contribution in [2.45, 2.75) is 38.6 Å². The lowest BCUT2D eigenvalue weighted by Crippen LogP contribution is -2.42. The number of nitrogens with zero attached hydrogens (tertiary/aromatic N) is 2. The molecule has 26 heavy (non-hydrogen) atoms. The number of hydrogen-bond acceptors (Lipinski definition) is 3. The molecule has 0 N–H and O–H groups in total. The van der Waals surface area contributed by atoms with E-state index >= 15 is 0 Å². The van der Waals surface area contributed by atoms with Crippen LogP contribution in [0.4, 0.5) is 5.69 Å². The number of hydrogen-bond donors (Lipinski definition) is 0. The lowest BCUT2D eigenvalue weighted by Gasteiger charge is -2.28. The number of rotatable bonds is 5.